The first-order valence-corrected chi connectivity index (χ1v) is 6.54. The van der Waals surface area contributed by atoms with E-state index >= 15 is 0 Å². The van der Waals surface area contributed by atoms with Crippen molar-refractivity contribution in [1.29, 1.82) is 0 Å². The summed E-state index contributed by atoms with van der Waals surface area (Å²) in [4.78, 5) is 8.59. The minimum atomic E-state index is 0.506. The summed E-state index contributed by atoms with van der Waals surface area (Å²) in [6.45, 7) is 7.27. The second-order valence-corrected chi connectivity index (χ2v) is 4.85. The quantitative estimate of drug-likeness (QED) is 0.822. The molecule has 0 bridgehead atoms. The Morgan fingerprint density at radius 3 is 2.65 bits per heavy atom. The molecule has 1 aliphatic rings. The summed E-state index contributed by atoms with van der Waals surface area (Å²) in [5.74, 6) is 2.72. The molecule has 0 spiro atoms. The molecule has 1 atom stereocenters. The van der Waals surface area contributed by atoms with Crippen LogP contribution in [0.3, 0.4) is 0 Å². The van der Waals surface area contributed by atoms with Crippen molar-refractivity contribution < 1.29 is 0 Å². The van der Waals surface area contributed by atoms with Crippen molar-refractivity contribution in [3.8, 4) is 0 Å². The SMILES string of the molecule is CCNc1ncnc(NC(C)C2CCC2)c1C. The van der Waals surface area contributed by atoms with Gasteiger partial charge < -0.3 is 10.6 Å². The highest BCUT2D eigenvalue weighted by molar-refractivity contribution is 5.56. The molecule has 1 aromatic rings. The number of anilines is 2. The molecule has 0 aromatic carbocycles. The molecular weight excluding hydrogens is 212 g/mol. The Kier molecular flexibility index (Phi) is 3.82. The summed E-state index contributed by atoms with van der Waals surface area (Å²) in [7, 11) is 0. The van der Waals surface area contributed by atoms with Crippen LogP contribution in [0.2, 0.25) is 0 Å². The van der Waals surface area contributed by atoms with Crippen LogP contribution in [-0.2, 0) is 0 Å². The maximum atomic E-state index is 4.34. The number of hydrogen-bond acceptors (Lipinski definition) is 4. The van der Waals surface area contributed by atoms with E-state index in [-0.39, 0.29) is 0 Å². The van der Waals surface area contributed by atoms with E-state index in [1.54, 1.807) is 6.33 Å². The lowest BCUT2D eigenvalue weighted by atomic mass is 9.80. The fraction of sp³-hybridized carbons (Fsp3) is 0.692. The van der Waals surface area contributed by atoms with Crippen LogP contribution < -0.4 is 10.6 Å². The number of hydrogen-bond donors (Lipinski definition) is 2. The van der Waals surface area contributed by atoms with Gasteiger partial charge in [0.1, 0.15) is 18.0 Å². The molecule has 1 saturated carbocycles. The fourth-order valence-corrected chi connectivity index (χ4v) is 2.21. The van der Waals surface area contributed by atoms with Crippen LogP contribution in [0, 0.1) is 12.8 Å². The van der Waals surface area contributed by atoms with E-state index in [1.165, 1.54) is 19.3 Å². The summed E-state index contributed by atoms with van der Waals surface area (Å²) in [6, 6.07) is 0.506. The average molecular weight is 234 g/mol. The highest BCUT2D eigenvalue weighted by Crippen LogP contribution is 2.31. The van der Waals surface area contributed by atoms with E-state index in [4.69, 9.17) is 0 Å². The Bertz CT molecular complexity index is 374. The lowest BCUT2D eigenvalue weighted by Gasteiger charge is -2.32. The first-order chi connectivity index (χ1) is 8.22. The van der Waals surface area contributed by atoms with Gasteiger partial charge >= 0.3 is 0 Å². The number of nitrogens with zero attached hydrogens (tertiary/aromatic N) is 2. The molecule has 1 heterocycles. The maximum Gasteiger partial charge on any atom is 0.134 e. The summed E-state index contributed by atoms with van der Waals surface area (Å²) < 4.78 is 0. The van der Waals surface area contributed by atoms with Gasteiger partial charge in [-0.15, -0.1) is 0 Å². The molecule has 94 valence electrons. The Hall–Kier alpha value is -1.32. The lowest BCUT2D eigenvalue weighted by molar-refractivity contribution is 0.285. The van der Waals surface area contributed by atoms with Gasteiger partial charge in [-0.1, -0.05) is 6.42 Å². The maximum absolute atomic E-state index is 4.34. The Morgan fingerprint density at radius 1 is 1.35 bits per heavy atom. The molecule has 1 aliphatic carbocycles. The van der Waals surface area contributed by atoms with Crippen LogP contribution in [0.25, 0.3) is 0 Å². The summed E-state index contributed by atoms with van der Waals surface area (Å²) in [5.41, 5.74) is 1.11. The topological polar surface area (TPSA) is 49.8 Å². The van der Waals surface area contributed by atoms with Crippen LogP contribution in [-0.4, -0.2) is 22.6 Å². The zero-order valence-corrected chi connectivity index (χ0v) is 11.0. The minimum absolute atomic E-state index is 0.506. The second-order valence-electron chi connectivity index (χ2n) is 4.85. The van der Waals surface area contributed by atoms with Gasteiger partial charge in [0.15, 0.2) is 0 Å². The van der Waals surface area contributed by atoms with Gasteiger partial charge in [-0.25, -0.2) is 9.97 Å². The molecular formula is C13H22N4. The van der Waals surface area contributed by atoms with E-state index in [0.717, 1.165) is 29.7 Å². The third-order valence-corrected chi connectivity index (χ3v) is 3.65. The van der Waals surface area contributed by atoms with Crippen molar-refractivity contribution in [2.45, 2.75) is 46.1 Å². The molecule has 1 fully saturated rings. The van der Waals surface area contributed by atoms with Gasteiger partial charge in [0, 0.05) is 18.2 Å². The van der Waals surface area contributed by atoms with Gasteiger partial charge in [-0.2, -0.15) is 0 Å². The van der Waals surface area contributed by atoms with Gasteiger partial charge in [-0.3, -0.25) is 0 Å². The van der Waals surface area contributed by atoms with Gasteiger partial charge in [0.2, 0.25) is 0 Å². The largest absolute Gasteiger partial charge is 0.370 e. The standard InChI is InChI=1S/C13H22N4/c1-4-14-12-9(2)13(16-8-15-12)17-10(3)11-6-5-7-11/h8,10-11H,4-7H2,1-3H3,(H2,14,15,16,17). The second kappa shape index (κ2) is 5.34. The van der Waals surface area contributed by atoms with Crippen LogP contribution in [0.15, 0.2) is 6.33 Å². The van der Waals surface area contributed by atoms with Crippen molar-refractivity contribution in [3.63, 3.8) is 0 Å². The first-order valence-electron chi connectivity index (χ1n) is 6.54. The van der Waals surface area contributed by atoms with Crippen molar-refractivity contribution in [3.05, 3.63) is 11.9 Å². The van der Waals surface area contributed by atoms with Gasteiger partial charge in [0.05, 0.1) is 0 Å². The van der Waals surface area contributed by atoms with E-state index in [2.05, 4.69) is 41.4 Å². The van der Waals surface area contributed by atoms with E-state index < -0.39 is 0 Å². The molecule has 0 aliphatic heterocycles. The normalized spacial score (nSPS) is 17.4. The van der Waals surface area contributed by atoms with E-state index in [0.29, 0.717) is 6.04 Å². The number of rotatable bonds is 5. The predicted molar refractivity (Wildman–Crippen MR) is 71.4 cm³/mol. The Balaban J connectivity index is 2.06. The molecule has 4 nitrogen and oxygen atoms in total. The van der Waals surface area contributed by atoms with Crippen molar-refractivity contribution in [2.24, 2.45) is 5.92 Å². The van der Waals surface area contributed by atoms with Gasteiger partial charge in [-0.05, 0) is 39.5 Å². The van der Waals surface area contributed by atoms with Crippen LogP contribution in [0.1, 0.15) is 38.7 Å². The van der Waals surface area contributed by atoms with Crippen LogP contribution in [0.4, 0.5) is 11.6 Å². The summed E-state index contributed by atoms with van der Waals surface area (Å²) in [5, 5.41) is 6.78. The van der Waals surface area contributed by atoms with Crippen molar-refractivity contribution >= 4 is 11.6 Å². The lowest BCUT2D eigenvalue weighted by Crippen LogP contribution is -2.31. The molecule has 1 unspecified atom stereocenters. The van der Waals surface area contributed by atoms with Crippen molar-refractivity contribution in [2.75, 3.05) is 17.2 Å². The number of aromatic nitrogens is 2. The third kappa shape index (κ3) is 2.68. The zero-order valence-electron chi connectivity index (χ0n) is 11.0. The van der Waals surface area contributed by atoms with Crippen LogP contribution >= 0.6 is 0 Å². The predicted octanol–water partition coefficient (Wildman–Crippen LogP) is 2.82. The highest BCUT2D eigenvalue weighted by atomic mass is 15.1. The zero-order chi connectivity index (χ0) is 12.3. The molecule has 1 aromatic heterocycles. The molecule has 2 N–H and O–H groups in total. The molecule has 4 heteroatoms. The highest BCUT2D eigenvalue weighted by Gasteiger charge is 2.24. The Labute approximate surface area is 103 Å². The summed E-state index contributed by atoms with van der Waals surface area (Å²) >= 11 is 0. The minimum Gasteiger partial charge on any atom is -0.370 e. The van der Waals surface area contributed by atoms with Crippen LogP contribution in [0.5, 0.6) is 0 Å². The first kappa shape index (κ1) is 12.1. The smallest absolute Gasteiger partial charge is 0.134 e. The fourth-order valence-electron chi connectivity index (χ4n) is 2.21. The summed E-state index contributed by atoms with van der Waals surface area (Å²) in [6.07, 6.45) is 5.69. The van der Waals surface area contributed by atoms with Crippen molar-refractivity contribution in [1.82, 2.24) is 9.97 Å². The third-order valence-electron chi connectivity index (χ3n) is 3.65. The van der Waals surface area contributed by atoms with E-state index in [9.17, 15) is 0 Å². The average Bonchev–Trinajstić information content (AvgIpc) is 2.21. The molecule has 2 rings (SSSR count). The Morgan fingerprint density at radius 2 is 2.06 bits per heavy atom. The van der Waals surface area contributed by atoms with E-state index in [1.807, 2.05) is 0 Å². The van der Waals surface area contributed by atoms with Gasteiger partial charge in [0.25, 0.3) is 0 Å². The molecule has 0 radical (unpaired) electrons. The molecule has 0 amide bonds. The molecule has 17 heavy (non-hydrogen) atoms. The molecule has 0 saturated heterocycles. The monoisotopic (exact) mass is 234 g/mol. The number of nitrogens with one attached hydrogen (secondary N) is 2.